The molecule has 1 aromatic rings. The molecule has 8 nitrogen and oxygen atoms in total. The third kappa shape index (κ3) is 5.40. The minimum atomic E-state index is -3.90. The number of carboxylic acids is 1. The standard InChI is InChI=1S/C12H17N3O5S/c1-15(7-6-12(17)18)21(19,20)14-10-5-3-2-4-9(10)8-11(13)16/h2-5,14H,6-8H2,1H3,(H2,13,16)(H,17,18). The lowest BCUT2D eigenvalue weighted by Crippen LogP contribution is -2.34. The molecule has 9 heteroatoms. The van der Waals surface area contributed by atoms with E-state index in [0.717, 1.165) is 4.31 Å². The summed E-state index contributed by atoms with van der Waals surface area (Å²) in [6, 6.07) is 6.35. The van der Waals surface area contributed by atoms with Gasteiger partial charge in [0.15, 0.2) is 0 Å². The first-order valence-electron chi connectivity index (χ1n) is 6.04. The highest BCUT2D eigenvalue weighted by molar-refractivity contribution is 7.90. The fraction of sp³-hybridized carbons (Fsp3) is 0.333. The molecule has 0 aromatic heterocycles. The minimum absolute atomic E-state index is 0.0997. The number of primary amides is 1. The van der Waals surface area contributed by atoms with E-state index in [4.69, 9.17) is 10.8 Å². The summed E-state index contributed by atoms with van der Waals surface area (Å²) in [5, 5.41) is 8.57. The summed E-state index contributed by atoms with van der Waals surface area (Å²) in [4.78, 5) is 21.4. The van der Waals surface area contributed by atoms with Gasteiger partial charge in [-0.3, -0.25) is 14.3 Å². The van der Waals surface area contributed by atoms with Crippen molar-refractivity contribution in [3.8, 4) is 0 Å². The van der Waals surface area contributed by atoms with Crippen molar-refractivity contribution >= 4 is 27.8 Å². The van der Waals surface area contributed by atoms with E-state index in [1.807, 2.05) is 0 Å². The molecule has 0 unspecified atom stereocenters. The van der Waals surface area contributed by atoms with Crippen molar-refractivity contribution < 1.29 is 23.1 Å². The fourth-order valence-electron chi connectivity index (χ4n) is 1.55. The Hall–Kier alpha value is -2.13. The van der Waals surface area contributed by atoms with Crippen molar-refractivity contribution in [3.05, 3.63) is 29.8 Å². The summed E-state index contributed by atoms with van der Waals surface area (Å²) in [6.07, 6.45) is -0.405. The van der Waals surface area contributed by atoms with Crippen molar-refractivity contribution in [2.45, 2.75) is 12.8 Å². The number of aliphatic carboxylic acids is 1. The maximum Gasteiger partial charge on any atom is 0.304 e. The number of carboxylic acid groups (broad SMARTS) is 1. The molecule has 1 aromatic carbocycles. The highest BCUT2D eigenvalue weighted by Gasteiger charge is 2.19. The van der Waals surface area contributed by atoms with Gasteiger partial charge in [-0.2, -0.15) is 12.7 Å². The SMILES string of the molecule is CN(CCC(=O)O)S(=O)(=O)Nc1ccccc1CC(N)=O. The van der Waals surface area contributed by atoms with Crippen LogP contribution in [0.15, 0.2) is 24.3 Å². The predicted octanol–water partition coefficient (Wildman–Crippen LogP) is -0.222. The molecule has 0 atom stereocenters. The first-order valence-corrected chi connectivity index (χ1v) is 7.48. The molecule has 116 valence electrons. The lowest BCUT2D eigenvalue weighted by Gasteiger charge is -2.18. The number of para-hydroxylation sites is 1. The molecule has 0 radical (unpaired) electrons. The first kappa shape index (κ1) is 16.9. The molecule has 1 rings (SSSR count). The number of anilines is 1. The van der Waals surface area contributed by atoms with Crippen LogP contribution >= 0.6 is 0 Å². The molecule has 0 spiro atoms. The van der Waals surface area contributed by atoms with Crippen LogP contribution in [0.4, 0.5) is 5.69 Å². The van der Waals surface area contributed by atoms with Crippen LogP contribution in [0.1, 0.15) is 12.0 Å². The van der Waals surface area contributed by atoms with E-state index in [1.165, 1.54) is 13.1 Å². The summed E-state index contributed by atoms with van der Waals surface area (Å²) in [6.45, 7) is -0.164. The summed E-state index contributed by atoms with van der Waals surface area (Å²) < 4.78 is 27.3. The van der Waals surface area contributed by atoms with Gasteiger partial charge in [-0.25, -0.2) is 0 Å². The number of rotatable bonds is 8. The molecular weight excluding hydrogens is 298 g/mol. The molecule has 0 saturated heterocycles. The molecule has 0 bridgehead atoms. The lowest BCUT2D eigenvalue weighted by molar-refractivity contribution is -0.137. The summed E-state index contributed by atoms with van der Waals surface area (Å²) in [5.41, 5.74) is 5.79. The fourth-order valence-corrected chi connectivity index (χ4v) is 2.52. The molecule has 0 fully saturated rings. The zero-order chi connectivity index (χ0) is 16.0. The number of hydrogen-bond donors (Lipinski definition) is 3. The van der Waals surface area contributed by atoms with Gasteiger partial charge in [0, 0.05) is 13.6 Å². The first-order chi connectivity index (χ1) is 9.72. The zero-order valence-electron chi connectivity index (χ0n) is 11.4. The van der Waals surface area contributed by atoms with Crippen LogP contribution in [0.5, 0.6) is 0 Å². The van der Waals surface area contributed by atoms with E-state index in [1.54, 1.807) is 18.2 Å². The number of carbonyl (C=O) groups excluding carboxylic acids is 1. The van der Waals surface area contributed by atoms with Gasteiger partial charge >= 0.3 is 16.2 Å². The second-order valence-electron chi connectivity index (χ2n) is 4.37. The van der Waals surface area contributed by atoms with Gasteiger partial charge in [-0.15, -0.1) is 0 Å². The van der Waals surface area contributed by atoms with E-state index in [9.17, 15) is 18.0 Å². The van der Waals surface area contributed by atoms with Gasteiger partial charge in [0.1, 0.15) is 0 Å². The molecule has 4 N–H and O–H groups in total. The normalized spacial score (nSPS) is 11.3. The molecule has 0 heterocycles. The molecule has 1 amide bonds. The van der Waals surface area contributed by atoms with E-state index in [-0.39, 0.29) is 25.1 Å². The Bertz CT molecular complexity index is 630. The van der Waals surface area contributed by atoms with Crippen LogP contribution in [0, 0.1) is 0 Å². The smallest absolute Gasteiger partial charge is 0.304 e. The molecule has 0 aliphatic heterocycles. The number of nitrogens with one attached hydrogen (secondary N) is 1. The number of nitrogens with zero attached hydrogens (tertiary/aromatic N) is 1. The Labute approximate surface area is 122 Å². The third-order valence-electron chi connectivity index (χ3n) is 2.67. The molecule has 0 aliphatic rings. The average Bonchev–Trinajstić information content (AvgIpc) is 2.37. The number of carbonyl (C=O) groups is 2. The number of benzene rings is 1. The van der Waals surface area contributed by atoms with Gasteiger partial charge in [-0.05, 0) is 11.6 Å². The van der Waals surface area contributed by atoms with Gasteiger partial charge in [0.25, 0.3) is 0 Å². The minimum Gasteiger partial charge on any atom is -0.481 e. The van der Waals surface area contributed by atoms with Gasteiger partial charge in [-0.1, -0.05) is 18.2 Å². The maximum absolute atomic E-state index is 12.1. The molecule has 21 heavy (non-hydrogen) atoms. The van der Waals surface area contributed by atoms with Crippen LogP contribution in [-0.4, -0.2) is 43.3 Å². The van der Waals surface area contributed by atoms with Crippen molar-refractivity contribution in [2.24, 2.45) is 5.73 Å². The van der Waals surface area contributed by atoms with Crippen LogP contribution in [0.25, 0.3) is 0 Å². The van der Waals surface area contributed by atoms with Crippen LogP contribution in [-0.2, 0) is 26.2 Å². The average molecular weight is 315 g/mol. The molecule has 0 aliphatic carbocycles. The lowest BCUT2D eigenvalue weighted by atomic mass is 10.1. The second-order valence-corrected chi connectivity index (χ2v) is 6.15. The summed E-state index contributed by atoms with van der Waals surface area (Å²) in [5.74, 6) is -1.67. The highest BCUT2D eigenvalue weighted by Crippen LogP contribution is 2.18. The van der Waals surface area contributed by atoms with Crippen molar-refractivity contribution in [3.63, 3.8) is 0 Å². The Morgan fingerprint density at radius 1 is 1.33 bits per heavy atom. The number of nitrogens with two attached hydrogens (primary N) is 1. The maximum atomic E-state index is 12.1. The summed E-state index contributed by atoms with van der Waals surface area (Å²) >= 11 is 0. The summed E-state index contributed by atoms with van der Waals surface area (Å²) in [7, 11) is -2.63. The van der Waals surface area contributed by atoms with Crippen LogP contribution < -0.4 is 10.5 Å². The Kier molecular flexibility index (Phi) is 5.68. The molecular formula is C12H17N3O5S. The predicted molar refractivity (Wildman–Crippen MR) is 76.8 cm³/mol. The quantitative estimate of drug-likeness (QED) is 0.610. The van der Waals surface area contributed by atoms with E-state index < -0.39 is 22.1 Å². The Morgan fingerprint density at radius 3 is 2.52 bits per heavy atom. The zero-order valence-corrected chi connectivity index (χ0v) is 12.3. The van der Waals surface area contributed by atoms with Crippen molar-refractivity contribution in [2.75, 3.05) is 18.3 Å². The van der Waals surface area contributed by atoms with Crippen LogP contribution in [0.2, 0.25) is 0 Å². The van der Waals surface area contributed by atoms with E-state index in [0.29, 0.717) is 5.56 Å². The van der Waals surface area contributed by atoms with Crippen molar-refractivity contribution in [1.82, 2.24) is 4.31 Å². The number of hydrogen-bond acceptors (Lipinski definition) is 4. The van der Waals surface area contributed by atoms with Gasteiger partial charge in [0.2, 0.25) is 5.91 Å². The van der Waals surface area contributed by atoms with Gasteiger partial charge < -0.3 is 10.8 Å². The monoisotopic (exact) mass is 315 g/mol. The third-order valence-corrected chi connectivity index (χ3v) is 4.15. The topological polar surface area (TPSA) is 130 Å². The second kappa shape index (κ2) is 7.04. The molecule has 0 saturated carbocycles. The Morgan fingerprint density at radius 2 is 1.95 bits per heavy atom. The Balaban J connectivity index is 2.88. The number of amides is 1. The van der Waals surface area contributed by atoms with E-state index in [2.05, 4.69) is 4.72 Å². The van der Waals surface area contributed by atoms with E-state index >= 15 is 0 Å². The van der Waals surface area contributed by atoms with Crippen LogP contribution in [0.3, 0.4) is 0 Å². The van der Waals surface area contributed by atoms with Crippen molar-refractivity contribution in [1.29, 1.82) is 0 Å². The highest BCUT2D eigenvalue weighted by atomic mass is 32.2. The largest absolute Gasteiger partial charge is 0.481 e. The van der Waals surface area contributed by atoms with Gasteiger partial charge in [0.05, 0.1) is 18.5 Å².